The monoisotopic (exact) mass is 296 g/mol. The second-order valence-electron chi connectivity index (χ2n) is 5.32. The Kier molecular flexibility index (Phi) is 3.44. The molecular formula is C14H15F3N4. The molecular weight excluding hydrogens is 281 g/mol. The van der Waals surface area contributed by atoms with Gasteiger partial charge in [0.15, 0.2) is 0 Å². The van der Waals surface area contributed by atoms with Crippen LogP contribution in [-0.4, -0.2) is 20.8 Å². The first kappa shape index (κ1) is 14.1. The maximum Gasteiger partial charge on any atom is 0.416 e. The molecule has 7 heteroatoms. The van der Waals surface area contributed by atoms with E-state index in [0.29, 0.717) is 24.4 Å². The van der Waals surface area contributed by atoms with Crippen molar-refractivity contribution in [1.82, 2.24) is 14.8 Å². The highest BCUT2D eigenvalue weighted by Crippen LogP contribution is 2.30. The lowest BCUT2D eigenvalue weighted by molar-refractivity contribution is -0.137. The molecule has 1 atom stereocenters. The first-order valence-corrected chi connectivity index (χ1v) is 6.76. The Morgan fingerprint density at radius 2 is 2.10 bits per heavy atom. The van der Waals surface area contributed by atoms with E-state index in [0.717, 1.165) is 30.8 Å². The van der Waals surface area contributed by atoms with Crippen LogP contribution >= 0.6 is 0 Å². The molecule has 3 rings (SSSR count). The van der Waals surface area contributed by atoms with E-state index in [2.05, 4.69) is 10.2 Å². The number of rotatable bonds is 2. The molecule has 1 aromatic heterocycles. The fourth-order valence-electron chi connectivity index (χ4n) is 2.58. The van der Waals surface area contributed by atoms with Gasteiger partial charge in [0.2, 0.25) is 0 Å². The smallest absolute Gasteiger partial charge is 0.326 e. The van der Waals surface area contributed by atoms with E-state index in [4.69, 9.17) is 5.73 Å². The maximum atomic E-state index is 12.7. The molecule has 0 fully saturated rings. The summed E-state index contributed by atoms with van der Waals surface area (Å²) in [5, 5.41) is 8.19. The average Bonchev–Trinajstić information content (AvgIpc) is 2.81. The van der Waals surface area contributed by atoms with Crippen molar-refractivity contribution in [1.29, 1.82) is 0 Å². The third kappa shape index (κ3) is 2.92. The second-order valence-corrected chi connectivity index (χ2v) is 5.32. The van der Waals surface area contributed by atoms with Gasteiger partial charge in [-0.15, -0.1) is 10.2 Å². The van der Waals surface area contributed by atoms with E-state index in [1.54, 1.807) is 6.07 Å². The second kappa shape index (κ2) is 5.14. The minimum Gasteiger partial charge on any atom is -0.326 e. The zero-order valence-corrected chi connectivity index (χ0v) is 11.3. The van der Waals surface area contributed by atoms with Crippen molar-refractivity contribution in [3.8, 4) is 0 Å². The molecule has 0 saturated heterocycles. The molecule has 0 aliphatic carbocycles. The zero-order chi connectivity index (χ0) is 15.0. The number of nitrogens with zero attached hydrogens (tertiary/aromatic N) is 3. The molecule has 0 spiro atoms. The summed E-state index contributed by atoms with van der Waals surface area (Å²) < 4.78 is 40.1. The lowest BCUT2D eigenvalue weighted by Crippen LogP contribution is -2.32. The molecule has 112 valence electrons. The highest BCUT2D eigenvalue weighted by atomic mass is 19.4. The molecule has 0 amide bonds. The van der Waals surface area contributed by atoms with E-state index in [1.165, 1.54) is 6.07 Å². The SMILES string of the molecule is NC1CCc2nnc(Cc3cccc(C(F)(F)F)c3)n2C1. The molecule has 2 N–H and O–H groups in total. The van der Waals surface area contributed by atoms with Gasteiger partial charge in [0.25, 0.3) is 0 Å². The Balaban J connectivity index is 1.86. The topological polar surface area (TPSA) is 56.7 Å². The molecule has 1 aliphatic rings. The number of benzene rings is 1. The Morgan fingerprint density at radius 1 is 1.29 bits per heavy atom. The standard InChI is InChI=1S/C14H15F3N4/c15-14(16,17)10-3-1-2-9(6-10)7-13-20-19-12-5-4-11(18)8-21(12)13/h1-3,6,11H,4-5,7-8,18H2. The number of fused-ring (bicyclic) bond motifs is 1. The van der Waals surface area contributed by atoms with Crippen LogP contribution < -0.4 is 5.73 Å². The van der Waals surface area contributed by atoms with E-state index in [9.17, 15) is 13.2 Å². The molecule has 2 aromatic rings. The van der Waals surface area contributed by atoms with E-state index in [1.807, 2.05) is 4.57 Å². The van der Waals surface area contributed by atoms with E-state index in [-0.39, 0.29) is 6.04 Å². The number of halogens is 3. The number of hydrogen-bond donors (Lipinski definition) is 1. The molecule has 2 heterocycles. The van der Waals surface area contributed by atoms with Gasteiger partial charge >= 0.3 is 6.18 Å². The van der Waals surface area contributed by atoms with Crippen LogP contribution in [0.5, 0.6) is 0 Å². The molecule has 1 aliphatic heterocycles. The van der Waals surface area contributed by atoms with Crippen LogP contribution in [0.4, 0.5) is 13.2 Å². The quantitative estimate of drug-likeness (QED) is 0.924. The molecule has 1 unspecified atom stereocenters. The fraction of sp³-hybridized carbons (Fsp3) is 0.429. The highest BCUT2D eigenvalue weighted by molar-refractivity contribution is 5.28. The lowest BCUT2D eigenvalue weighted by atomic mass is 10.1. The minimum absolute atomic E-state index is 0.0498. The predicted molar refractivity (Wildman–Crippen MR) is 70.6 cm³/mol. The van der Waals surface area contributed by atoms with E-state index >= 15 is 0 Å². The molecule has 4 nitrogen and oxygen atoms in total. The summed E-state index contributed by atoms with van der Waals surface area (Å²) in [6.45, 7) is 0.622. The van der Waals surface area contributed by atoms with Gasteiger partial charge < -0.3 is 10.3 Å². The third-order valence-corrected chi connectivity index (χ3v) is 3.68. The predicted octanol–water partition coefficient (Wildman–Crippen LogP) is 2.16. The van der Waals surface area contributed by atoms with Crippen molar-refractivity contribution in [2.45, 2.75) is 38.0 Å². The van der Waals surface area contributed by atoms with Gasteiger partial charge in [-0.05, 0) is 18.1 Å². The zero-order valence-electron chi connectivity index (χ0n) is 11.3. The minimum atomic E-state index is -4.33. The van der Waals surface area contributed by atoms with Crippen LogP contribution in [0.25, 0.3) is 0 Å². The van der Waals surface area contributed by atoms with Crippen molar-refractivity contribution in [2.24, 2.45) is 5.73 Å². The summed E-state index contributed by atoms with van der Waals surface area (Å²) in [7, 11) is 0. The van der Waals surface area contributed by atoms with Crippen LogP contribution in [0.1, 0.15) is 29.2 Å². The van der Waals surface area contributed by atoms with Gasteiger partial charge in [0.1, 0.15) is 11.6 Å². The summed E-state index contributed by atoms with van der Waals surface area (Å²) in [5.74, 6) is 1.53. The Hall–Kier alpha value is -1.89. The van der Waals surface area contributed by atoms with Crippen LogP contribution in [-0.2, 0) is 25.6 Å². The van der Waals surface area contributed by atoms with Crippen molar-refractivity contribution in [3.05, 3.63) is 47.0 Å². The summed E-state index contributed by atoms with van der Waals surface area (Å²) >= 11 is 0. The molecule has 1 aromatic carbocycles. The number of aromatic nitrogens is 3. The normalized spacial score (nSPS) is 18.6. The largest absolute Gasteiger partial charge is 0.416 e. The van der Waals surface area contributed by atoms with Gasteiger partial charge in [-0.3, -0.25) is 0 Å². The summed E-state index contributed by atoms with van der Waals surface area (Å²) in [6, 6.07) is 5.36. The third-order valence-electron chi connectivity index (χ3n) is 3.68. The molecule has 21 heavy (non-hydrogen) atoms. The number of hydrogen-bond acceptors (Lipinski definition) is 3. The van der Waals surface area contributed by atoms with Crippen molar-refractivity contribution in [3.63, 3.8) is 0 Å². The van der Waals surface area contributed by atoms with Gasteiger partial charge in [-0.1, -0.05) is 18.2 Å². The van der Waals surface area contributed by atoms with Crippen molar-refractivity contribution in [2.75, 3.05) is 0 Å². The molecule has 0 radical (unpaired) electrons. The molecule has 0 saturated carbocycles. The van der Waals surface area contributed by atoms with Gasteiger partial charge in [-0.25, -0.2) is 0 Å². The highest BCUT2D eigenvalue weighted by Gasteiger charge is 2.30. The Labute approximate surface area is 119 Å². The van der Waals surface area contributed by atoms with Crippen molar-refractivity contribution >= 4 is 0 Å². The van der Waals surface area contributed by atoms with Crippen LogP contribution in [0.2, 0.25) is 0 Å². The summed E-state index contributed by atoms with van der Waals surface area (Å²) in [5.41, 5.74) is 5.85. The Bertz CT molecular complexity index is 648. The first-order chi connectivity index (χ1) is 9.93. The number of nitrogens with two attached hydrogens (primary N) is 1. The average molecular weight is 296 g/mol. The van der Waals surface area contributed by atoms with Crippen molar-refractivity contribution < 1.29 is 13.2 Å². The lowest BCUT2D eigenvalue weighted by Gasteiger charge is -2.20. The summed E-state index contributed by atoms with van der Waals surface area (Å²) in [4.78, 5) is 0. The van der Waals surface area contributed by atoms with E-state index < -0.39 is 11.7 Å². The number of aryl methyl sites for hydroxylation is 1. The number of alkyl halides is 3. The maximum absolute atomic E-state index is 12.7. The Morgan fingerprint density at radius 3 is 2.86 bits per heavy atom. The van der Waals surface area contributed by atoms with Gasteiger partial charge in [-0.2, -0.15) is 13.2 Å². The fourth-order valence-corrected chi connectivity index (χ4v) is 2.58. The van der Waals surface area contributed by atoms with Gasteiger partial charge in [0.05, 0.1) is 5.56 Å². The molecule has 0 bridgehead atoms. The van der Waals surface area contributed by atoms with Crippen LogP contribution in [0.3, 0.4) is 0 Å². The first-order valence-electron chi connectivity index (χ1n) is 6.76. The van der Waals surface area contributed by atoms with Crippen LogP contribution in [0, 0.1) is 0 Å². The van der Waals surface area contributed by atoms with Crippen LogP contribution in [0.15, 0.2) is 24.3 Å². The summed E-state index contributed by atoms with van der Waals surface area (Å²) in [6.07, 6.45) is -2.38. The van der Waals surface area contributed by atoms with Gasteiger partial charge in [0, 0.05) is 25.4 Å².